The van der Waals surface area contributed by atoms with Crippen LogP contribution in [-0.2, 0) is 0 Å². The molecule has 1 aliphatic rings. The van der Waals surface area contributed by atoms with Crippen LogP contribution in [0, 0.1) is 0 Å². The number of nitrogens with one attached hydrogen (secondary N) is 1. The van der Waals surface area contributed by atoms with E-state index in [2.05, 4.69) is 20.4 Å². The first-order chi connectivity index (χ1) is 12.1. The first-order valence-electron chi connectivity index (χ1n) is 8.16. The Labute approximate surface area is 148 Å². The van der Waals surface area contributed by atoms with E-state index >= 15 is 0 Å². The van der Waals surface area contributed by atoms with Gasteiger partial charge in [0.05, 0.1) is 17.8 Å². The predicted octanol–water partition coefficient (Wildman–Crippen LogP) is 3.63. The van der Waals surface area contributed by atoms with Crippen LogP contribution in [-0.4, -0.2) is 44.8 Å². The summed E-state index contributed by atoms with van der Waals surface area (Å²) in [5.74, 6) is 0.133. The second-order valence-corrected chi connectivity index (χ2v) is 7.19. The third-order valence-corrected chi connectivity index (χ3v) is 5.72. The molecule has 1 aromatic carbocycles. The number of halogens is 1. The number of aromatic nitrogens is 4. The molecule has 0 bridgehead atoms. The van der Waals surface area contributed by atoms with E-state index in [1.54, 1.807) is 18.5 Å². The van der Waals surface area contributed by atoms with Gasteiger partial charge in [-0.25, -0.2) is 4.39 Å². The van der Waals surface area contributed by atoms with Crippen LogP contribution in [0.3, 0.4) is 0 Å². The first-order valence-corrected chi connectivity index (χ1v) is 8.98. The van der Waals surface area contributed by atoms with Crippen molar-refractivity contribution in [3.63, 3.8) is 0 Å². The molecule has 0 spiro atoms. The molecule has 0 unspecified atom stereocenters. The minimum atomic E-state index is -0.819. The molecule has 130 valence electrons. The Morgan fingerprint density at radius 3 is 2.84 bits per heavy atom. The van der Waals surface area contributed by atoms with Crippen LogP contribution >= 0.6 is 11.3 Å². The monoisotopic (exact) mass is 359 g/mol. The summed E-state index contributed by atoms with van der Waals surface area (Å²) in [5, 5.41) is 26.7. The van der Waals surface area contributed by atoms with Crippen molar-refractivity contribution in [2.24, 2.45) is 0 Å². The zero-order chi connectivity index (χ0) is 17.4. The molecule has 0 radical (unpaired) electrons. The van der Waals surface area contributed by atoms with Gasteiger partial charge in [-0.3, -0.25) is 5.10 Å². The van der Waals surface area contributed by atoms with Crippen molar-refractivity contribution in [1.29, 1.82) is 0 Å². The second kappa shape index (κ2) is 6.44. The van der Waals surface area contributed by atoms with Gasteiger partial charge in [0.1, 0.15) is 11.9 Å². The van der Waals surface area contributed by atoms with Crippen LogP contribution in [0.2, 0.25) is 0 Å². The normalized spacial score (nSPS) is 20.1. The lowest BCUT2D eigenvalue weighted by Crippen LogP contribution is -2.35. The van der Waals surface area contributed by atoms with Crippen LogP contribution in [0.15, 0.2) is 30.6 Å². The minimum Gasteiger partial charge on any atom is -0.507 e. The van der Waals surface area contributed by atoms with E-state index in [1.165, 1.54) is 11.3 Å². The summed E-state index contributed by atoms with van der Waals surface area (Å²) in [6.45, 7) is 0. The molecule has 1 fully saturated rings. The summed E-state index contributed by atoms with van der Waals surface area (Å²) in [7, 11) is 1.86. The van der Waals surface area contributed by atoms with Gasteiger partial charge in [-0.2, -0.15) is 5.10 Å². The molecule has 0 saturated heterocycles. The zero-order valence-corrected chi connectivity index (χ0v) is 14.5. The molecule has 2 atom stereocenters. The number of benzene rings is 1. The van der Waals surface area contributed by atoms with E-state index in [1.807, 2.05) is 24.1 Å². The van der Waals surface area contributed by atoms with E-state index in [9.17, 15) is 9.50 Å². The topological polar surface area (TPSA) is 77.9 Å². The highest BCUT2D eigenvalue weighted by Crippen LogP contribution is 2.38. The number of H-pyrrole nitrogens is 1. The van der Waals surface area contributed by atoms with Crippen LogP contribution in [0.5, 0.6) is 5.75 Å². The van der Waals surface area contributed by atoms with Crippen LogP contribution < -0.4 is 4.90 Å². The van der Waals surface area contributed by atoms with Crippen molar-refractivity contribution in [1.82, 2.24) is 20.4 Å². The molecule has 2 heterocycles. The molecule has 1 saturated carbocycles. The number of aromatic hydroxyl groups is 1. The lowest BCUT2D eigenvalue weighted by atomic mass is 10.1. The van der Waals surface area contributed by atoms with Gasteiger partial charge in [-0.1, -0.05) is 17.4 Å². The number of hydrogen-bond acceptors (Lipinski definition) is 6. The van der Waals surface area contributed by atoms with Gasteiger partial charge < -0.3 is 10.0 Å². The lowest BCUT2D eigenvalue weighted by Gasteiger charge is -2.24. The van der Waals surface area contributed by atoms with Crippen molar-refractivity contribution in [3.05, 3.63) is 30.6 Å². The summed E-state index contributed by atoms with van der Waals surface area (Å²) in [4.78, 5) is 1.87. The third kappa shape index (κ3) is 2.97. The van der Waals surface area contributed by atoms with Crippen LogP contribution in [0.4, 0.5) is 9.52 Å². The molecule has 2 aromatic heterocycles. The van der Waals surface area contributed by atoms with Crippen molar-refractivity contribution in [3.8, 4) is 27.4 Å². The van der Waals surface area contributed by atoms with Gasteiger partial charge in [0.2, 0.25) is 5.13 Å². The van der Waals surface area contributed by atoms with Gasteiger partial charge in [0, 0.05) is 18.8 Å². The Kier molecular flexibility index (Phi) is 4.12. The molecule has 6 nitrogen and oxygen atoms in total. The highest BCUT2D eigenvalue weighted by atomic mass is 32.1. The number of hydrogen-bond donors (Lipinski definition) is 2. The molecular formula is C17H18FN5OS. The largest absolute Gasteiger partial charge is 0.507 e. The number of phenols is 1. The molecule has 4 rings (SSSR count). The standard InChI is InChI=1S/C17H18FN5OS/c1-23(14-4-2-3-13(14)18)17-22-21-16(25-17)12-6-5-10(7-15(12)24)11-8-19-20-9-11/h5-9,13-14,24H,2-4H2,1H3,(H,19,20)/t13-,14+/m1/s1. The fraction of sp³-hybridized carbons (Fsp3) is 0.353. The number of nitrogens with zero attached hydrogens (tertiary/aromatic N) is 4. The smallest absolute Gasteiger partial charge is 0.208 e. The van der Waals surface area contributed by atoms with Crippen LogP contribution in [0.25, 0.3) is 21.7 Å². The lowest BCUT2D eigenvalue weighted by molar-refractivity contribution is 0.307. The number of phenolic OH excluding ortho intramolecular Hbond substituents is 1. The molecule has 0 amide bonds. The summed E-state index contributed by atoms with van der Waals surface area (Å²) >= 11 is 1.36. The Morgan fingerprint density at radius 1 is 1.28 bits per heavy atom. The van der Waals surface area contributed by atoms with Gasteiger partial charge in [-0.15, -0.1) is 10.2 Å². The van der Waals surface area contributed by atoms with Crippen molar-refractivity contribution >= 4 is 16.5 Å². The van der Waals surface area contributed by atoms with Crippen molar-refractivity contribution in [2.75, 3.05) is 11.9 Å². The summed E-state index contributed by atoms with van der Waals surface area (Å²) in [6, 6.07) is 5.26. The number of aromatic amines is 1. The minimum absolute atomic E-state index is 0.133. The van der Waals surface area contributed by atoms with Gasteiger partial charge in [0.15, 0.2) is 5.01 Å². The predicted molar refractivity (Wildman–Crippen MR) is 95.5 cm³/mol. The highest BCUT2D eigenvalue weighted by Gasteiger charge is 2.32. The van der Waals surface area contributed by atoms with Gasteiger partial charge in [-0.05, 0) is 37.0 Å². The Morgan fingerprint density at radius 2 is 2.16 bits per heavy atom. The highest BCUT2D eigenvalue weighted by molar-refractivity contribution is 7.18. The van der Waals surface area contributed by atoms with E-state index in [0.717, 1.165) is 24.0 Å². The molecule has 8 heteroatoms. The molecule has 25 heavy (non-hydrogen) atoms. The maximum absolute atomic E-state index is 14.0. The number of anilines is 1. The fourth-order valence-corrected chi connectivity index (χ4v) is 4.14. The number of rotatable bonds is 4. The zero-order valence-electron chi connectivity index (χ0n) is 13.7. The van der Waals surface area contributed by atoms with E-state index in [0.29, 0.717) is 22.1 Å². The second-order valence-electron chi connectivity index (χ2n) is 6.23. The average Bonchev–Trinajstić information content (AvgIpc) is 3.35. The van der Waals surface area contributed by atoms with E-state index < -0.39 is 6.17 Å². The molecule has 0 aliphatic heterocycles. The maximum Gasteiger partial charge on any atom is 0.208 e. The quantitative estimate of drug-likeness (QED) is 0.744. The van der Waals surface area contributed by atoms with E-state index in [-0.39, 0.29) is 11.8 Å². The Hall–Kier alpha value is -2.48. The molecule has 3 aromatic rings. The van der Waals surface area contributed by atoms with Gasteiger partial charge >= 0.3 is 0 Å². The summed E-state index contributed by atoms with van der Waals surface area (Å²) in [5.41, 5.74) is 2.38. The molecular weight excluding hydrogens is 341 g/mol. The van der Waals surface area contributed by atoms with Gasteiger partial charge in [0.25, 0.3) is 0 Å². The maximum atomic E-state index is 14.0. The van der Waals surface area contributed by atoms with Crippen LogP contribution in [0.1, 0.15) is 19.3 Å². The number of alkyl halides is 1. The SMILES string of the molecule is CN(c1nnc(-c2ccc(-c3cn[nH]c3)cc2O)s1)[C@H]1CCC[C@H]1F. The van der Waals surface area contributed by atoms with E-state index in [4.69, 9.17) is 0 Å². The molecule has 2 N–H and O–H groups in total. The van der Waals surface area contributed by atoms with Crippen molar-refractivity contribution < 1.29 is 9.50 Å². The fourth-order valence-electron chi connectivity index (χ4n) is 3.24. The first kappa shape index (κ1) is 16.0. The van der Waals surface area contributed by atoms with Crippen molar-refractivity contribution in [2.45, 2.75) is 31.5 Å². The summed E-state index contributed by atoms with van der Waals surface area (Å²) < 4.78 is 14.0. The summed E-state index contributed by atoms with van der Waals surface area (Å²) in [6.07, 6.45) is 4.98. The third-order valence-electron chi connectivity index (χ3n) is 4.67. The molecule has 1 aliphatic carbocycles. The Balaban J connectivity index is 1.59. The average molecular weight is 359 g/mol. The Bertz CT molecular complexity index is 866.